The highest BCUT2D eigenvalue weighted by Crippen LogP contribution is 2.28. The summed E-state index contributed by atoms with van der Waals surface area (Å²) in [7, 11) is -2.91. The Hall–Kier alpha value is -1.99. The van der Waals surface area contributed by atoms with Crippen LogP contribution in [0.15, 0.2) is 56.2 Å². The van der Waals surface area contributed by atoms with Gasteiger partial charge in [-0.1, -0.05) is 34.1 Å². The van der Waals surface area contributed by atoms with E-state index >= 15 is 0 Å². The van der Waals surface area contributed by atoms with E-state index in [1.165, 1.54) is 19.2 Å². The maximum Gasteiger partial charge on any atom is 0.308 e. The predicted octanol–water partition coefficient (Wildman–Crippen LogP) is 3.98. The number of esters is 1. The van der Waals surface area contributed by atoms with Crippen LogP contribution in [0.2, 0.25) is 0 Å². The Labute approximate surface area is 149 Å². The molecule has 24 heavy (non-hydrogen) atoms. The van der Waals surface area contributed by atoms with E-state index in [0.29, 0.717) is 9.37 Å². The molecule has 0 N–H and O–H groups in total. The van der Waals surface area contributed by atoms with E-state index in [2.05, 4.69) is 20.3 Å². The molecular formula is C17H16BrNO4S. The molecule has 1 atom stereocenters. The highest BCUT2D eigenvalue weighted by molar-refractivity contribution is 9.10. The van der Waals surface area contributed by atoms with E-state index in [9.17, 15) is 13.8 Å². The van der Waals surface area contributed by atoms with Gasteiger partial charge in [0.1, 0.15) is 5.75 Å². The van der Waals surface area contributed by atoms with Crippen LogP contribution in [0.3, 0.4) is 0 Å². The summed E-state index contributed by atoms with van der Waals surface area (Å²) in [5, 5.41) is 0. The minimum atomic E-state index is -2.91. The Balaban J connectivity index is 2.53. The SMILES string of the molecule is CC(=O)Oc1cc(C)c(Br)cc1C(=O)N=S(C)(=O)c1ccccc1. The molecule has 0 heterocycles. The van der Waals surface area contributed by atoms with Crippen LogP contribution in [-0.4, -0.2) is 22.3 Å². The van der Waals surface area contributed by atoms with Crippen LogP contribution in [-0.2, 0) is 14.5 Å². The Morgan fingerprint density at radius 2 is 1.79 bits per heavy atom. The number of hydrogen-bond acceptors (Lipinski definition) is 4. The maximum atomic E-state index is 12.7. The van der Waals surface area contributed by atoms with Gasteiger partial charge >= 0.3 is 5.97 Å². The van der Waals surface area contributed by atoms with Crippen molar-refractivity contribution in [1.82, 2.24) is 0 Å². The van der Waals surface area contributed by atoms with Crippen molar-refractivity contribution in [3.63, 3.8) is 0 Å². The Morgan fingerprint density at radius 1 is 1.17 bits per heavy atom. The van der Waals surface area contributed by atoms with Gasteiger partial charge in [-0.3, -0.25) is 9.59 Å². The number of carbonyl (C=O) groups is 2. The first kappa shape index (κ1) is 18.4. The second-order valence-corrected chi connectivity index (χ2v) is 8.32. The fourth-order valence-electron chi connectivity index (χ4n) is 1.99. The normalized spacial score (nSPS) is 13.0. The molecule has 0 spiro atoms. The summed E-state index contributed by atoms with van der Waals surface area (Å²) in [6, 6.07) is 11.6. The first-order valence-corrected chi connectivity index (χ1v) is 9.72. The summed E-state index contributed by atoms with van der Waals surface area (Å²) in [6.07, 6.45) is 1.40. The molecule has 1 amide bonds. The van der Waals surface area contributed by atoms with E-state index in [4.69, 9.17) is 4.74 Å². The average molecular weight is 410 g/mol. The second-order valence-electron chi connectivity index (χ2n) is 5.20. The molecule has 2 rings (SSSR count). The largest absolute Gasteiger partial charge is 0.426 e. The second kappa shape index (κ2) is 7.27. The molecule has 1 unspecified atom stereocenters. The molecule has 0 fully saturated rings. The lowest BCUT2D eigenvalue weighted by Gasteiger charge is -2.10. The lowest BCUT2D eigenvalue weighted by Crippen LogP contribution is -2.09. The van der Waals surface area contributed by atoms with Crippen LogP contribution in [0.4, 0.5) is 0 Å². The zero-order valence-electron chi connectivity index (χ0n) is 13.4. The van der Waals surface area contributed by atoms with Crippen molar-refractivity contribution in [2.75, 3.05) is 6.26 Å². The van der Waals surface area contributed by atoms with Crippen molar-refractivity contribution in [2.24, 2.45) is 4.36 Å². The van der Waals surface area contributed by atoms with Crippen LogP contribution in [0.1, 0.15) is 22.8 Å². The van der Waals surface area contributed by atoms with Crippen molar-refractivity contribution < 1.29 is 18.5 Å². The topological polar surface area (TPSA) is 72.8 Å². The Kier molecular flexibility index (Phi) is 5.56. The fourth-order valence-corrected chi connectivity index (χ4v) is 3.52. The van der Waals surface area contributed by atoms with Crippen LogP contribution < -0.4 is 4.74 Å². The molecule has 0 saturated carbocycles. The van der Waals surface area contributed by atoms with Gasteiger partial charge in [-0.2, -0.15) is 4.36 Å². The number of rotatable bonds is 3. The van der Waals surface area contributed by atoms with Crippen molar-refractivity contribution in [2.45, 2.75) is 18.7 Å². The minimum absolute atomic E-state index is 0.0770. The molecule has 7 heteroatoms. The lowest BCUT2D eigenvalue weighted by atomic mass is 10.1. The van der Waals surface area contributed by atoms with Gasteiger partial charge in [-0.25, -0.2) is 4.21 Å². The third kappa shape index (κ3) is 4.30. The number of hydrogen-bond donors (Lipinski definition) is 0. The van der Waals surface area contributed by atoms with Crippen LogP contribution in [0, 0.1) is 6.92 Å². The maximum absolute atomic E-state index is 12.7. The molecule has 0 aliphatic rings. The summed E-state index contributed by atoms with van der Waals surface area (Å²) in [5.74, 6) is -1.16. The van der Waals surface area contributed by atoms with Gasteiger partial charge in [-0.15, -0.1) is 0 Å². The van der Waals surface area contributed by atoms with Gasteiger partial charge in [0, 0.05) is 22.5 Å². The van der Waals surface area contributed by atoms with Crippen molar-refractivity contribution in [1.29, 1.82) is 0 Å². The van der Waals surface area contributed by atoms with E-state index in [1.807, 2.05) is 0 Å². The monoisotopic (exact) mass is 409 g/mol. The summed E-state index contributed by atoms with van der Waals surface area (Å²) < 4.78 is 22.4. The lowest BCUT2D eigenvalue weighted by molar-refractivity contribution is -0.131. The van der Waals surface area contributed by atoms with E-state index < -0.39 is 21.6 Å². The van der Waals surface area contributed by atoms with E-state index in [1.54, 1.807) is 43.3 Å². The number of ether oxygens (including phenoxy) is 1. The number of amides is 1. The summed E-state index contributed by atoms with van der Waals surface area (Å²) in [4.78, 5) is 24.3. The smallest absolute Gasteiger partial charge is 0.308 e. The molecule has 0 aliphatic heterocycles. The summed E-state index contributed by atoms with van der Waals surface area (Å²) in [5.41, 5.74) is 0.872. The first-order valence-electron chi connectivity index (χ1n) is 7.01. The zero-order chi connectivity index (χ0) is 17.9. The number of halogens is 1. The molecule has 0 saturated heterocycles. The molecule has 5 nitrogen and oxygen atoms in total. The van der Waals surface area contributed by atoms with Gasteiger partial charge in [0.2, 0.25) is 0 Å². The summed E-state index contributed by atoms with van der Waals surface area (Å²) >= 11 is 3.33. The third-order valence-corrected chi connectivity index (χ3v) is 5.70. The van der Waals surface area contributed by atoms with E-state index in [0.717, 1.165) is 5.56 Å². The molecule has 2 aromatic rings. The van der Waals surface area contributed by atoms with Crippen LogP contribution in [0.5, 0.6) is 5.75 Å². The number of benzene rings is 2. The molecule has 126 valence electrons. The highest BCUT2D eigenvalue weighted by atomic mass is 79.9. The number of nitrogens with zero attached hydrogens (tertiary/aromatic N) is 1. The van der Waals surface area contributed by atoms with Crippen LogP contribution in [0.25, 0.3) is 0 Å². The number of carbonyl (C=O) groups excluding carboxylic acids is 2. The standard InChI is InChI=1S/C17H16BrNO4S/c1-11-9-16(23-12(2)20)14(10-15(11)18)17(21)19-24(3,22)13-7-5-4-6-8-13/h4-10H,1-3H3. The molecule has 0 aliphatic carbocycles. The summed E-state index contributed by atoms with van der Waals surface area (Å²) in [6.45, 7) is 3.05. The van der Waals surface area contributed by atoms with Gasteiger partial charge in [0.15, 0.2) is 0 Å². The first-order chi connectivity index (χ1) is 11.2. The molecular weight excluding hydrogens is 394 g/mol. The van der Waals surface area contributed by atoms with Gasteiger partial charge in [-0.05, 0) is 36.8 Å². The molecule has 2 aromatic carbocycles. The van der Waals surface area contributed by atoms with Crippen LogP contribution >= 0.6 is 15.9 Å². The quantitative estimate of drug-likeness (QED) is 0.567. The zero-order valence-corrected chi connectivity index (χ0v) is 15.8. The van der Waals surface area contributed by atoms with E-state index in [-0.39, 0.29) is 11.3 Å². The number of aryl methyl sites for hydroxylation is 1. The van der Waals surface area contributed by atoms with Crippen molar-refractivity contribution in [3.05, 3.63) is 58.1 Å². The molecule has 0 radical (unpaired) electrons. The van der Waals surface area contributed by atoms with Gasteiger partial charge in [0.25, 0.3) is 5.91 Å². The van der Waals surface area contributed by atoms with Crippen molar-refractivity contribution >= 4 is 37.5 Å². The van der Waals surface area contributed by atoms with Gasteiger partial charge in [0.05, 0.1) is 15.3 Å². The fraction of sp³-hybridized carbons (Fsp3) is 0.176. The predicted molar refractivity (Wildman–Crippen MR) is 95.7 cm³/mol. The molecule has 0 aromatic heterocycles. The average Bonchev–Trinajstić information content (AvgIpc) is 2.50. The van der Waals surface area contributed by atoms with Crippen molar-refractivity contribution in [3.8, 4) is 5.75 Å². The molecule has 0 bridgehead atoms. The van der Waals surface area contributed by atoms with Gasteiger partial charge < -0.3 is 4.74 Å². The third-order valence-electron chi connectivity index (χ3n) is 3.18. The Bertz CT molecular complexity index is 916. The Morgan fingerprint density at radius 3 is 2.38 bits per heavy atom. The minimum Gasteiger partial charge on any atom is -0.426 e. The highest BCUT2D eigenvalue weighted by Gasteiger charge is 2.18.